The number of fused-ring (bicyclic) bond motifs is 1. The van der Waals surface area contributed by atoms with Gasteiger partial charge in [-0.05, 0) is 61.9 Å². The molecule has 0 aliphatic heterocycles. The Hall–Kier alpha value is -4.89. The van der Waals surface area contributed by atoms with Crippen molar-refractivity contribution >= 4 is 22.4 Å². The second-order valence-electron chi connectivity index (χ2n) is 9.31. The number of aromatic nitrogens is 5. The van der Waals surface area contributed by atoms with Gasteiger partial charge in [-0.1, -0.05) is 59.4 Å². The Morgan fingerprint density at radius 1 is 0.925 bits per heavy atom. The van der Waals surface area contributed by atoms with E-state index in [2.05, 4.69) is 10.1 Å². The SMILES string of the molecule is CCOc1ccc(-c2nn(-c3ccccc3)cc2C=c2sc3nc(=O)c(Cc4ccc(C)cc4)nn3c2=O)cc1. The number of thiazole rings is 1. The standard InChI is InChI=1S/C31H25N5O3S/c1-3-39-25-15-13-22(14-16-25)28-23(19-35(34-28)24-7-5-4-6-8-24)18-27-30(38)36-31(40-27)32-29(37)26(33-36)17-21-11-9-20(2)10-12-21/h4-16,18-19H,3,17H2,1-2H3. The maximum Gasteiger partial charge on any atom is 0.296 e. The third-order valence-corrected chi connectivity index (χ3v) is 7.39. The minimum Gasteiger partial charge on any atom is -0.494 e. The van der Waals surface area contributed by atoms with E-state index >= 15 is 0 Å². The van der Waals surface area contributed by atoms with Gasteiger partial charge in [-0.3, -0.25) is 9.59 Å². The summed E-state index contributed by atoms with van der Waals surface area (Å²) >= 11 is 1.13. The van der Waals surface area contributed by atoms with E-state index in [4.69, 9.17) is 9.84 Å². The molecule has 0 N–H and O–H groups in total. The highest BCUT2D eigenvalue weighted by molar-refractivity contribution is 7.15. The van der Waals surface area contributed by atoms with Gasteiger partial charge >= 0.3 is 0 Å². The van der Waals surface area contributed by atoms with E-state index in [1.165, 1.54) is 4.52 Å². The molecule has 40 heavy (non-hydrogen) atoms. The van der Waals surface area contributed by atoms with Gasteiger partial charge in [-0.15, -0.1) is 0 Å². The highest BCUT2D eigenvalue weighted by Crippen LogP contribution is 2.26. The predicted molar refractivity (Wildman–Crippen MR) is 156 cm³/mol. The van der Waals surface area contributed by atoms with Crippen molar-refractivity contribution in [3.8, 4) is 22.7 Å². The Labute approximate surface area is 233 Å². The number of hydrogen-bond acceptors (Lipinski definition) is 7. The van der Waals surface area contributed by atoms with E-state index in [0.29, 0.717) is 23.3 Å². The summed E-state index contributed by atoms with van der Waals surface area (Å²) in [6, 6.07) is 25.3. The lowest BCUT2D eigenvalue weighted by molar-refractivity contribution is 0.340. The number of benzene rings is 3. The number of nitrogens with zero attached hydrogens (tertiary/aromatic N) is 5. The Morgan fingerprint density at radius 2 is 1.68 bits per heavy atom. The fourth-order valence-electron chi connectivity index (χ4n) is 4.40. The average molecular weight is 548 g/mol. The summed E-state index contributed by atoms with van der Waals surface area (Å²) in [6.07, 6.45) is 3.97. The van der Waals surface area contributed by atoms with Gasteiger partial charge in [0.1, 0.15) is 17.1 Å². The van der Waals surface area contributed by atoms with Crippen LogP contribution in [0.2, 0.25) is 0 Å². The Balaban J connectivity index is 1.46. The van der Waals surface area contributed by atoms with Crippen LogP contribution in [0.1, 0.15) is 29.3 Å². The van der Waals surface area contributed by atoms with Crippen molar-refractivity contribution in [1.29, 1.82) is 0 Å². The van der Waals surface area contributed by atoms with Crippen LogP contribution in [0.5, 0.6) is 5.75 Å². The number of aryl methyl sites for hydroxylation is 1. The van der Waals surface area contributed by atoms with Crippen molar-refractivity contribution in [2.24, 2.45) is 0 Å². The second kappa shape index (κ2) is 10.7. The van der Waals surface area contributed by atoms with Crippen molar-refractivity contribution in [1.82, 2.24) is 24.4 Å². The molecule has 0 fully saturated rings. The molecule has 3 heterocycles. The molecule has 0 aliphatic rings. The molecule has 0 saturated heterocycles. The Kier molecular flexibility index (Phi) is 6.79. The lowest BCUT2D eigenvalue weighted by Crippen LogP contribution is -2.28. The number of para-hydroxylation sites is 1. The molecular weight excluding hydrogens is 522 g/mol. The summed E-state index contributed by atoms with van der Waals surface area (Å²) < 4.78 is 9.01. The Bertz CT molecular complexity index is 1980. The van der Waals surface area contributed by atoms with Crippen LogP contribution in [-0.4, -0.2) is 31.0 Å². The molecule has 0 spiro atoms. The van der Waals surface area contributed by atoms with Crippen molar-refractivity contribution in [3.05, 3.63) is 133 Å². The molecule has 3 aromatic carbocycles. The molecule has 0 unspecified atom stereocenters. The molecule has 8 nitrogen and oxygen atoms in total. The van der Waals surface area contributed by atoms with Crippen molar-refractivity contribution < 1.29 is 4.74 Å². The van der Waals surface area contributed by atoms with E-state index in [-0.39, 0.29) is 16.2 Å². The second-order valence-corrected chi connectivity index (χ2v) is 10.3. The van der Waals surface area contributed by atoms with Gasteiger partial charge in [-0.2, -0.15) is 19.7 Å². The number of ether oxygens (including phenoxy) is 1. The number of rotatable bonds is 7. The minimum atomic E-state index is -0.430. The molecule has 9 heteroatoms. The van der Waals surface area contributed by atoms with Crippen LogP contribution in [0, 0.1) is 6.92 Å². The average Bonchev–Trinajstić information content (AvgIpc) is 3.52. The molecule has 0 atom stereocenters. The highest BCUT2D eigenvalue weighted by Gasteiger charge is 2.15. The quantitative estimate of drug-likeness (QED) is 0.297. The van der Waals surface area contributed by atoms with Crippen LogP contribution in [0.15, 0.2) is 94.6 Å². The normalized spacial score (nSPS) is 11.8. The fraction of sp³-hybridized carbons (Fsp3) is 0.129. The molecule has 0 saturated carbocycles. The molecule has 0 radical (unpaired) electrons. The summed E-state index contributed by atoms with van der Waals surface area (Å²) in [7, 11) is 0. The van der Waals surface area contributed by atoms with Crippen molar-refractivity contribution in [2.75, 3.05) is 6.61 Å². The molecule has 6 rings (SSSR count). The van der Waals surface area contributed by atoms with Crippen molar-refractivity contribution in [2.45, 2.75) is 20.3 Å². The van der Waals surface area contributed by atoms with Gasteiger partial charge in [0.25, 0.3) is 11.1 Å². The van der Waals surface area contributed by atoms with Crippen molar-refractivity contribution in [3.63, 3.8) is 0 Å². The molecule has 6 aromatic rings. The summed E-state index contributed by atoms with van der Waals surface area (Å²) in [6.45, 7) is 4.52. The largest absolute Gasteiger partial charge is 0.494 e. The summed E-state index contributed by atoms with van der Waals surface area (Å²) in [5.74, 6) is 0.772. The van der Waals surface area contributed by atoms with E-state index in [0.717, 1.165) is 45.0 Å². The molecule has 0 amide bonds. The first-order valence-electron chi connectivity index (χ1n) is 12.9. The topological polar surface area (TPSA) is 91.4 Å². The van der Waals surface area contributed by atoms with Crippen LogP contribution in [0.3, 0.4) is 0 Å². The predicted octanol–water partition coefficient (Wildman–Crippen LogP) is 4.21. The van der Waals surface area contributed by atoms with Crippen LogP contribution in [-0.2, 0) is 6.42 Å². The van der Waals surface area contributed by atoms with Gasteiger partial charge < -0.3 is 4.74 Å². The van der Waals surface area contributed by atoms with E-state index in [9.17, 15) is 9.59 Å². The molecule has 0 aliphatic carbocycles. The molecule has 3 aromatic heterocycles. The Morgan fingerprint density at radius 3 is 2.40 bits per heavy atom. The van der Waals surface area contributed by atoms with E-state index in [1.807, 2.05) is 98.9 Å². The van der Waals surface area contributed by atoms with Gasteiger partial charge in [-0.25, -0.2) is 4.68 Å². The maximum atomic E-state index is 13.4. The van der Waals surface area contributed by atoms with Crippen LogP contribution in [0.4, 0.5) is 0 Å². The third kappa shape index (κ3) is 5.06. The molecule has 0 bridgehead atoms. The van der Waals surface area contributed by atoms with Crippen LogP contribution < -0.4 is 20.4 Å². The van der Waals surface area contributed by atoms with E-state index < -0.39 is 5.56 Å². The first-order valence-corrected chi connectivity index (χ1v) is 13.7. The minimum absolute atomic E-state index is 0.231. The van der Waals surface area contributed by atoms with Crippen LogP contribution in [0.25, 0.3) is 28.0 Å². The van der Waals surface area contributed by atoms with Gasteiger partial charge in [0.2, 0.25) is 4.96 Å². The van der Waals surface area contributed by atoms with E-state index in [1.54, 1.807) is 10.8 Å². The smallest absolute Gasteiger partial charge is 0.296 e. The monoisotopic (exact) mass is 547 g/mol. The fourth-order valence-corrected chi connectivity index (χ4v) is 5.29. The lowest BCUT2D eigenvalue weighted by Gasteiger charge is -2.04. The van der Waals surface area contributed by atoms with Gasteiger partial charge in [0.05, 0.1) is 16.8 Å². The highest BCUT2D eigenvalue weighted by atomic mass is 32.1. The third-order valence-electron chi connectivity index (χ3n) is 6.43. The van der Waals surface area contributed by atoms with Gasteiger partial charge in [0, 0.05) is 23.7 Å². The van der Waals surface area contributed by atoms with Gasteiger partial charge in [0.15, 0.2) is 0 Å². The molecular formula is C31H25N5O3S. The zero-order chi connectivity index (χ0) is 27.6. The zero-order valence-electron chi connectivity index (χ0n) is 21.9. The first-order chi connectivity index (χ1) is 19.5. The summed E-state index contributed by atoms with van der Waals surface area (Å²) in [5.41, 5.74) is 4.75. The lowest BCUT2D eigenvalue weighted by atomic mass is 10.1. The van der Waals surface area contributed by atoms with Crippen LogP contribution >= 0.6 is 11.3 Å². The number of hydrogen-bond donors (Lipinski definition) is 0. The first kappa shape index (κ1) is 25.4. The molecule has 198 valence electrons. The summed E-state index contributed by atoms with van der Waals surface area (Å²) in [5, 5.41) is 9.25. The summed E-state index contributed by atoms with van der Waals surface area (Å²) in [4.78, 5) is 30.6. The maximum absolute atomic E-state index is 13.4. The zero-order valence-corrected chi connectivity index (χ0v) is 22.8.